The highest BCUT2D eigenvalue weighted by Gasteiger charge is 1.95. The lowest BCUT2D eigenvalue weighted by atomic mass is 10.4. The zero-order chi connectivity index (χ0) is 8.81. The van der Waals surface area contributed by atoms with Crippen LogP contribution in [0.25, 0.3) is 0 Å². The van der Waals surface area contributed by atoms with Crippen molar-refractivity contribution in [2.45, 2.75) is 0 Å². The molecule has 1 aromatic heterocycles. The van der Waals surface area contributed by atoms with E-state index in [0.717, 1.165) is 6.20 Å². The van der Waals surface area contributed by atoms with Gasteiger partial charge in [-0.15, -0.1) is 0 Å². The van der Waals surface area contributed by atoms with E-state index < -0.39 is 5.82 Å². The molecular weight excluding hydrogens is 161 g/mol. The molecule has 0 fully saturated rings. The van der Waals surface area contributed by atoms with E-state index in [4.69, 9.17) is 10.3 Å². The fraction of sp³-hybridized carbons (Fsp3) is 0.286. The van der Waals surface area contributed by atoms with Gasteiger partial charge in [0.25, 0.3) is 0 Å². The summed E-state index contributed by atoms with van der Waals surface area (Å²) in [7, 11) is 0. The number of nitrogens with one attached hydrogen (secondary N) is 1. The fourth-order valence-electron chi connectivity index (χ4n) is 0.680. The van der Waals surface area contributed by atoms with E-state index in [-0.39, 0.29) is 13.2 Å². The molecule has 1 aromatic rings. The molecule has 4 nitrogen and oxygen atoms in total. The largest absolute Gasteiger partial charge is 0.490 e. The Balaban J connectivity index is 2.46. The molecular formula is C7H8FN3O. The molecule has 0 aliphatic rings. The van der Waals surface area contributed by atoms with Crippen LogP contribution < -0.4 is 4.74 Å². The van der Waals surface area contributed by atoms with Crippen LogP contribution in [-0.4, -0.2) is 18.1 Å². The Bertz CT molecular complexity index is 267. The summed E-state index contributed by atoms with van der Waals surface area (Å²) in [6.07, 6.45) is 2.51. The summed E-state index contributed by atoms with van der Waals surface area (Å²) in [5.41, 5.74) is 6.47. The number of ether oxygens (including phenoxy) is 1. The Kier molecular flexibility index (Phi) is 3.13. The van der Waals surface area contributed by atoms with Crippen LogP contribution in [0.5, 0.6) is 5.75 Å². The van der Waals surface area contributed by atoms with Gasteiger partial charge < -0.3 is 4.74 Å². The van der Waals surface area contributed by atoms with Crippen LogP contribution in [0.4, 0.5) is 4.39 Å². The SMILES string of the molecule is N=NCCOc1cncc(F)c1. The molecule has 0 unspecified atom stereocenters. The van der Waals surface area contributed by atoms with Crippen LogP contribution in [0.2, 0.25) is 0 Å². The van der Waals surface area contributed by atoms with Crippen molar-refractivity contribution in [2.24, 2.45) is 5.11 Å². The molecule has 0 aliphatic carbocycles. The summed E-state index contributed by atoms with van der Waals surface area (Å²) in [4.78, 5) is 3.59. The summed E-state index contributed by atoms with van der Waals surface area (Å²) in [6.45, 7) is 0.547. The average Bonchev–Trinajstić information content (AvgIpc) is 2.05. The van der Waals surface area contributed by atoms with Gasteiger partial charge in [0.15, 0.2) is 0 Å². The van der Waals surface area contributed by atoms with Gasteiger partial charge in [0.2, 0.25) is 0 Å². The van der Waals surface area contributed by atoms with Crippen molar-refractivity contribution in [3.05, 3.63) is 24.3 Å². The quantitative estimate of drug-likeness (QED) is 0.550. The van der Waals surface area contributed by atoms with Crippen molar-refractivity contribution < 1.29 is 9.13 Å². The second-order valence-corrected chi connectivity index (χ2v) is 2.07. The number of hydrogen-bond acceptors (Lipinski definition) is 4. The number of hydrogen-bond donors (Lipinski definition) is 1. The smallest absolute Gasteiger partial charge is 0.145 e. The van der Waals surface area contributed by atoms with Gasteiger partial charge in [-0.2, -0.15) is 5.11 Å². The molecule has 5 heteroatoms. The van der Waals surface area contributed by atoms with Crippen molar-refractivity contribution in [3.8, 4) is 5.75 Å². The third kappa shape index (κ3) is 2.61. The molecule has 0 atom stereocenters. The Morgan fingerprint density at radius 2 is 2.42 bits per heavy atom. The van der Waals surface area contributed by atoms with Gasteiger partial charge in [-0.25, -0.2) is 9.92 Å². The number of aromatic nitrogens is 1. The number of halogens is 1. The summed E-state index contributed by atoms with van der Waals surface area (Å²) in [5, 5.41) is 3.08. The van der Waals surface area contributed by atoms with E-state index in [0.29, 0.717) is 5.75 Å². The normalized spacial score (nSPS) is 9.42. The molecule has 64 valence electrons. The molecule has 0 spiro atoms. The van der Waals surface area contributed by atoms with E-state index in [9.17, 15) is 4.39 Å². The van der Waals surface area contributed by atoms with E-state index in [1.165, 1.54) is 12.3 Å². The van der Waals surface area contributed by atoms with Crippen LogP contribution >= 0.6 is 0 Å². The molecule has 1 N–H and O–H groups in total. The predicted molar refractivity (Wildman–Crippen MR) is 39.7 cm³/mol. The lowest BCUT2D eigenvalue weighted by Gasteiger charge is -2.01. The monoisotopic (exact) mass is 169 g/mol. The minimum atomic E-state index is -0.435. The molecule has 1 heterocycles. The maximum atomic E-state index is 12.5. The first-order chi connectivity index (χ1) is 5.83. The van der Waals surface area contributed by atoms with Crippen LogP contribution in [0, 0.1) is 11.3 Å². The zero-order valence-corrected chi connectivity index (χ0v) is 6.33. The highest BCUT2D eigenvalue weighted by molar-refractivity contribution is 5.16. The van der Waals surface area contributed by atoms with Crippen molar-refractivity contribution in [2.75, 3.05) is 13.2 Å². The topological polar surface area (TPSA) is 58.3 Å². The van der Waals surface area contributed by atoms with E-state index >= 15 is 0 Å². The van der Waals surface area contributed by atoms with Crippen molar-refractivity contribution >= 4 is 0 Å². The van der Waals surface area contributed by atoms with Crippen molar-refractivity contribution in [1.82, 2.24) is 4.98 Å². The van der Waals surface area contributed by atoms with Crippen LogP contribution in [0.1, 0.15) is 0 Å². The second kappa shape index (κ2) is 4.38. The van der Waals surface area contributed by atoms with Gasteiger partial charge in [0.1, 0.15) is 18.2 Å². The van der Waals surface area contributed by atoms with Crippen molar-refractivity contribution in [1.29, 1.82) is 5.53 Å². The minimum absolute atomic E-state index is 0.272. The fourth-order valence-corrected chi connectivity index (χ4v) is 0.680. The van der Waals surface area contributed by atoms with E-state index in [1.54, 1.807) is 0 Å². The number of pyridine rings is 1. The van der Waals surface area contributed by atoms with E-state index in [1.807, 2.05) is 0 Å². The highest BCUT2D eigenvalue weighted by Crippen LogP contribution is 2.08. The van der Waals surface area contributed by atoms with Gasteiger partial charge in [-0.3, -0.25) is 4.98 Å². The highest BCUT2D eigenvalue weighted by atomic mass is 19.1. The minimum Gasteiger partial charge on any atom is -0.490 e. The molecule has 0 aliphatic heterocycles. The number of nitrogens with zero attached hydrogens (tertiary/aromatic N) is 2. The Morgan fingerprint density at radius 3 is 3.08 bits per heavy atom. The first kappa shape index (κ1) is 8.58. The predicted octanol–water partition coefficient (Wildman–Crippen LogP) is 1.63. The molecule has 0 radical (unpaired) electrons. The Morgan fingerprint density at radius 1 is 1.58 bits per heavy atom. The van der Waals surface area contributed by atoms with Gasteiger partial charge >= 0.3 is 0 Å². The van der Waals surface area contributed by atoms with Gasteiger partial charge in [-0.05, 0) is 0 Å². The second-order valence-electron chi connectivity index (χ2n) is 2.07. The third-order valence-electron chi connectivity index (χ3n) is 1.15. The van der Waals surface area contributed by atoms with Crippen LogP contribution in [0.15, 0.2) is 23.6 Å². The molecule has 0 aromatic carbocycles. The maximum Gasteiger partial charge on any atom is 0.145 e. The standard InChI is InChI=1S/C7H8FN3O/c8-6-3-7(5-10-4-6)12-2-1-11-9/h3-5,9H,1-2H2. The molecule has 0 saturated carbocycles. The Labute approximate surface area is 68.9 Å². The van der Waals surface area contributed by atoms with Crippen molar-refractivity contribution in [3.63, 3.8) is 0 Å². The summed E-state index contributed by atoms with van der Waals surface area (Å²) < 4.78 is 17.5. The summed E-state index contributed by atoms with van der Waals surface area (Å²) in [5.74, 6) is -0.0750. The van der Waals surface area contributed by atoms with Gasteiger partial charge in [-0.1, -0.05) is 0 Å². The molecule has 0 saturated heterocycles. The lowest BCUT2D eigenvalue weighted by Crippen LogP contribution is -2.00. The first-order valence-electron chi connectivity index (χ1n) is 3.39. The average molecular weight is 169 g/mol. The van der Waals surface area contributed by atoms with Gasteiger partial charge in [0, 0.05) is 6.07 Å². The van der Waals surface area contributed by atoms with Crippen LogP contribution in [0.3, 0.4) is 0 Å². The summed E-state index contributed by atoms with van der Waals surface area (Å²) in [6, 6.07) is 1.23. The summed E-state index contributed by atoms with van der Waals surface area (Å²) >= 11 is 0. The maximum absolute atomic E-state index is 12.5. The molecule has 0 amide bonds. The van der Waals surface area contributed by atoms with Gasteiger partial charge in [0.05, 0.1) is 18.9 Å². The zero-order valence-electron chi connectivity index (χ0n) is 6.33. The van der Waals surface area contributed by atoms with E-state index in [2.05, 4.69) is 10.1 Å². The molecule has 0 bridgehead atoms. The molecule has 1 rings (SSSR count). The molecule has 12 heavy (non-hydrogen) atoms. The number of rotatable bonds is 4. The third-order valence-corrected chi connectivity index (χ3v) is 1.15. The first-order valence-corrected chi connectivity index (χ1v) is 3.39. The lowest BCUT2D eigenvalue weighted by molar-refractivity contribution is 0.322. The van der Waals surface area contributed by atoms with Crippen LogP contribution in [-0.2, 0) is 0 Å². The Hall–Kier alpha value is -1.52.